The van der Waals surface area contributed by atoms with Crippen molar-refractivity contribution in [3.05, 3.63) is 34.6 Å². The van der Waals surface area contributed by atoms with Crippen molar-refractivity contribution < 1.29 is 9.50 Å². The SMILES string of the molecule is CCC1CCC(CN)(C(O)c2cc(Cl)ccc2F)CC1. The maximum Gasteiger partial charge on any atom is 0.129 e. The lowest BCUT2D eigenvalue weighted by Crippen LogP contribution is -2.40. The lowest BCUT2D eigenvalue weighted by atomic mass is 9.65. The van der Waals surface area contributed by atoms with Crippen LogP contribution >= 0.6 is 11.6 Å². The normalized spacial score (nSPS) is 28.4. The van der Waals surface area contributed by atoms with Gasteiger partial charge in [-0.3, -0.25) is 0 Å². The van der Waals surface area contributed by atoms with Crippen LogP contribution in [0.1, 0.15) is 50.7 Å². The average molecular weight is 300 g/mol. The molecule has 3 N–H and O–H groups in total. The number of rotatable bonds is 4. The number of hydrogen-bond acceptors (Lipinski definition) is 2. The summed E-state index contributed by atoms with van der Waals surface area (Å²) in [6.45, 7) is 2.56. The summed E-state index contributed by atoms with van der Waals surface area (Å²) >= 11 is 5.92. The van der Waals surface area contributed by atoms with E-state index in [0.29, 0.717) is 17.5 Å². The Labute approximate surface area is 125 Å². The van der Waals surface area contributed by atoms with Gasteiger partial charge in [0, 0.05) is 22.5 Å². The number of aliphatic hydroxyl groups is 1. The molecule has 0 bridgehead atoms. The van der Waals surface area contributed by atoms with Gasteiger partial charge in [-0.15, -0.1) is 0 Å². The molecule has 0 heterocycles. The molecule has 1 aliphatic carbocycles. The molecule has 1 fully saturated rings. The third-order valence-electron chi connectivity index (χ3n) is 4.92. The maximum absolute atomic E-state index is 14.0. The van der Waals surface area contributed by atoms with Gasteiger partial charge < -0.3 is 10.8 Å². The fraction of sp³-hybridized carbons (Fsp3) is 0.625. The molecule has 1 aromatic carbocycles. The molecule has 0 aromatic heterocycles. The molecule has 1 unspecified atom stereocenters. The third kappa shape index (κ3) is 3.00. The zero-order valence-corrected chi connectivity index (χ0v) is 12.7. The Morgan fingerprint density at radius 3 is 2.65 bits per heavy atom. The minimum absolute atomic E-state index is 0.276. The van der Waals surface area contributed by atoms with Crippen LogP contribution in [0.3, 0.4) is 0 Å². The summed E-state index contributed by atoms with van der Waals surface area (Å²) in [6.07, 6.45) is 4.05. The largest absolute Gasteiger partial charge is 0.388 e. The fourth-order valence-electron chi connectivity index (χ4n) is 3.30. The highest BCUT2D eigenvalue weighted by Gasteiger charge is 2.41. The summed E-state index contributed by atoms with van der Waals surface area (Å²) < 4.78 is 14.0. The Morgan fingerprint density at radius 1 is 1.45 bits per heavy atom. The van der Waals surface area contributed by atoms with Crippen LogP contribution in [0.4, 0.5) is 4.39 Å². The standard InChI is InChI=1S/C16H23ClFNO/c1-2-11-5-7-16(10-19,8-6-11)15(20)13-9-12(17)3-4-14(13)18/h3-4,9,11,15,20H,2,5-8,10,19H2,1H3. The van der Waals surface area contributed by atoms with Gasteiger partial charge in [0.2, 0.25) is 0 Å². The first-order valence-electron chi connectivity index (χ1n) is 7.35. The third-order valence-corrected chi connectivity index (χ3v) is 5.15. The van der Waals surface area contributed by atoms with Crippen LogP contribution in [0.2, 0.25) is 5.02 Å². The minimum atomic E-state index is -0.885. The number of hydrogen-bond donors (Lipinski definition) is 2. The van der Waals surface area contributed by atoms with Crippen LogP contribution in [0, 0.1) is 17.2 Å². The molecular weight excluding hydrogens is 277 g/mol. The molecular formula is C16H23ClFNO. The predicted molar refractivity (Wildman–Crippen MR) is 80.1 cm³/mol. The summed E-state index contributed by atoms with van der Waals surface area (Å²) in [5, 5.41) is 11.1. The molecule has 1 atom stereocenters. The Morgan fingerprint density at radius 2 is 2.10 bits per heavy atom. The molecule has 1 saturated carbocycles. The summed E-state index contributed by atoms with van der Waals surface area (Å²) in [4.78, 5) is 0. The zero-order valence-electron chi connectivity index (χ0n) is 11.9. The second kappa shape index (κ2) is 6.42. The smallest absolute Gasteiger partial charge is 0.129 e. The summed E-state index contributed by atoms with van der Waals surface area (Å²) in [7, 11) is 0. The first kappa shape index (κ1) is 15.7. The molecule has 2 rings (SSSR count). The van der Waals surface area contributed by atoms with Gasteiger partial charge in [0.05, 0.1) is 6.10 Å². The molecule has 20 heavy (non-hydrogen) atoms. The quantitative estimate of drug-likeness (QED) is 0.881. The van der Waals surface area contributed by atoms with Crippen molar-refractivity contribution in [2.45, 2.75) is 45.1 Å². The van der Waals surface area contributed by atoms with Gasteiger partial charge in [0.25, 0.3) is 0 Å². The van der Waals surface area contributed by atoms with Crippen LogP contribution < -0.4 is 5.73 Å². The second-order valence-corrected chi connectivity index (χ2v) is 6.42. The van der Waals surface area contributed by atoms with Crippen LogP contribution in [0.25, 0.3) is 0 Å². The van der Waals surface area contributed by atoms with Gasteiger partial charge >= 0.3 is 0 Å². The van der Waals surface area contributed by atoms with E-state index in [-0.39, 0.29) is 5.56 Å². The van der Waals surface area contributed by atoms with E-state index < -0.39 is 17.3 Å². The molecule has 0 radical (unpaired) electrons. The molecule has 2 nitrogen and oxygen atoms in total. The van der Waals surface area contributed by atoms with Gasteiger partial charge in [-0.25, -0.2) is 4.39 Å². The first-order valence-corrected chi connectivity index (χ1v) is 7.73. The first-order chi connectivity index (χ1) is 9.52. The molecule has 112 valence electrons. The van der Waals surface area contributed by atoms with Crippen LogP contribution in [-0.4, -0.2) is 11.7 Å². The van der Waals surface area contributed by atoms with E-state index in [1.165, 1.54) is 18.2 Å². The molecule has 0 saturated heterocycles. The van der Waals surface area contributed by atoms with Gasteiger partial charge in [-0.1, -0.05) is 24.9 Å². The topological polar surface area (TPSA) is 46.2 Å². The number of aliphatic hydroxyl groups excluding tert-OH is 1. The molecule has 1 aliphatic rings. The van der Waals surface area contributed by atoms with Gasteiger partial charge in [0.1, 0.15) is 5.82 Å². The van der Waals surface area contributed by atoms with E-state index in [1.807, 2.05) is 0 Å². The van der Waals surface area contributed by atoms with E-state index in [0.717, 1.165) is 32.1 Å². The lowest BCUT2D eigenvalue weighted by Gasteiger charge is -2.43. The fourth-order valence-corrected chi connectivity index (χ4v) is 3.48. The summed E-state index contributed by atoms with van der Waals surface area (Å²) in [5.74, 6) is 0.290. The Bertz CT molecular complexity index is 458. The van der Waals surface area contributed by atoms with Gasteiger partial charge in [-0.05, 0) is 49.8 Å². The summed E-state index contributed by atoms with van der Waals surface area (Å²) in [6, 6.07) is 4.32. The van der Waals surface area contributed by atoms with E-state index in [1.54, 1.807) is 0 Å². The van der Waals surface area contributed by atoms with Crippen molar-refractivity contribution in [2.75, 3.05) is 6.54 Å². The molecule has 1 aromatic rings. The molecule has 0 spiro atoms. The Balaban J connectivity index is 2.25. The maximum atomic E-state index is 14.0. The molecule has 0 amide bonds. The highest BCUT2D eigenvalue weighted by Crippen LogP contribution is 2.48. The predicted octanol–water partition coefficient (Wildman–Crippen LogP) is 4.06. The van der Waals surface area contributed by atoms with Crippen molar-refractivity contribution in [2.24, 2.45) is 17.1 Å². The van der Waals surface area contributed by atoms with Crippen molar-refractivity contribution >= 4 is 11.6 Å². The van der Waals surface area contributed by atoms with Crippen molar-refractivity contribution in [3.63, 3.8) is 0 Å². The summed E-state index contributed by atoms with van der Waals surface area (Å²) in [5.41, 5.74) is 5.79. The number of benzene rings is 1. The minimum Gasteiger partial charge on any atom is -0.388 e. The van der Waals surface area contributed by atoms with Crippen molar-refractivity contribution in [3.8, 4) is 0 Å². The van der Waals surface area contributed by atoms with Crippen LogP contribution in [0.5, 0.6) is 0 Å². The van der Waals surface area contributed by atoms with Gasteiger partial charge in [0.15, 0.2) is 0 Å². The number of halogens is 2. The van der Waals surface area contributed by atoms with E-state index in [2.05, 4.69) is 6.92 Å². The zero-order chi connectivity index (χ0) is 14.8. The van der Waals surface area contributed by atoms with Gasteiger partial charge in [-0.2, -0.15) is 0 Å². The van der Waals surface area contributed by atoms with E-state index in [4.69, 9.17) is 17.3 Å². The highest BCUT2D eigenvalue weighted by molar-refractivity contribution is 6.30. The number of nitrogens with two attached hydrogens (primary N) is 1. The molecule has 4 heteroatoms. The average Bonchev–Trinajstić information content (AvgIpc) is 2.49. The second-order valence-electron chi connectivity index (χ2n) is 5.99. The molecule has 0 aliphatic heterocycles. The van der Waals surface area contributed by atoms with E-state index in [9.17, 15) is 9.50 Å². The van der Waals surface area contributed by atoms with Crippen LogP contribution in [0.15, 0.2) is 18.2 Å². The monoisotopic (exact) mass is 299 g/mol. The van der Waals surface area contributed by atoms with Crippen molar-refractivity contribution in [1.82, 2.24) is 0 Å². The highest BCUT2D eigenvalue weighted by atomic mass is 35.5. The lowest BCUT2D eigenvalue weighted by molar-refractivity contribution is -0.0123. The Kier molecular flexibility index (Phi) is 5.05. The van der Waals surface area contributed by atoms with Crippen molar-refractivity contribution in [1.29, 1.82) is 0 Å². The van der Waals surface area contributed by atoms with Crippen LogP contribution in [-0.2, 0) is 0 Å². The van der Waals surface area contributed by atoms with E-state index >= 15 is 0 Å². The Hall–Kier alpha value is -0.640.